The van der Waals surface area contributed by atoms with E-state index in [0.29, 0.717) is 6.07 Å². The number of hydrogen-bond acceptors (Lipinski definition) is 12. The number of nitro benzene ring substituents is 1. The van der Waals surface area contributed by atoms with Gasteiger partial charge in [-0.05, 0) is 29.0 Å². The van der Waals surface area contributed by atoms with Crippen molar-refractivity contribution in [3.05, 3.63) is 69.8 Å². The van der Waals surface area contributed by atoms with E-state index >= 15 is 0 Å². The van der Waals surface area contributed by atoms with E-state index in [1.54, 1.807) is 0 Å². The first-order valence-corrected chi connectivity index (χ1v) is 16.5. The Labute approximate surface area is 253 Å². The molecule has 0 fully saturated rings. The summed E-state index contributed by atoms with van der Waals surface area (Å²) in [5.74, 6) is -1.18. The largest absolute Gasteiger partial charge is 0.493 e. The Morgan fingerprint density at radius 3 is 1.58 bits per heavy atom. The lowest BCUT2D eigenvalue weighted by Gasteiger charge is -2.18. The molecule has 236 valence electrons. The number of carbonyl (C=O) groups excluding carboxylic acids is 1. The highest BCUT2D eigenvalue weighted by Crippen LogP contribution is 2.43. The van der Waals surface area contributed by atoms with Crippen LogP contribution in [0.2, 0.25) is 0 Å². The van der Waals surface area contributed by atoms with E-state index in [2.05, 4.69) is 0 Å². The zero-order valence-corrected chi connectivity index (χ0v) is 25.2. The standard InChI is InChI=1S/C26H19NO15S3/c1-40-19-7-12(18(27(29)30)9-20(19)41-2)11-42-26(28)17-8-21(43(31,32)33)14-5-6-16-23(45(37,38)39)10-22(44(34,35)36)15-4-3-13(17)24(14)25(15)16/h3-10H,11H2,1-2H3,(H,31,32,33)(H,34,35,36)(H,37,38,39). The smallest absolute Gasteiger partial charge is 0.339 e. The van der Waals surface area contributed by atoms with Gasteiger partial charge in [-0.15, -0.1) is 0 Å². The maximum atomic E-state index is 13.5. The van der Waals surface area contributed by atoms with Crippen LogP contribution in [0.1, 0.15) is 15.9 Å². The molecule has 0 saturated carbocycles. The molecule has 0 atom stereocenters. The number of carbonyl (C=O) groups is 1. The van der Waals surface area contributed by atoms with Gasteiger partial charge in [0, 0.05) is 21.5 Å². The SMILES string of the molecule is COc1cc(COC(=O)c2cc(S(=O)(=O)O)c3ccc4c(S(=O)(=O)O)cc(S(=O)(=O)O)c5ccc2c3c54)c([N+](=O)[O-])cc1OC. The van der Waals surface area contributed by atoms with Crippen LogP contribution in [0, 0.1) is 10.1 Å². The van der Waals surface area contributed by atoms with Crippen LogP contribution in [-0.2, 0) is 41.7 Å². The Morgan fingerprint density at radius 2 is 1.13 bits per heavy atom. The van der Waals surface area contributed by atoms with Gasteiger partial charge in [0.1, 0.15) is 21.3 Å². The summed E-state index contributed by atoms with van der Waals surface area (Å²) in [5, 5.41) is 10.1. The Balaban J connectivity index is 1.80. The zero-order valence-electron chi connectivity index (χ0n) is 22.7. The second-order valence-electron chi connectivity index (χ2n) is 9.46. The lowest BCUT2D eigenvalue weighted by molar-refractivity contribution is -0.385. The van der Waals surface area contributed by atoms with Crippen molar-refractivity contribution in [3.8, 4) is 11.5 Å². The van der Waals surface area contributed by atoms with Crippen molar-refractivity contribution in [1.29, 1.82) is 0 Å². The van der Waals surface area contributed by atoms with E-state index in [-0.39, 0.29) is 49.4 Å². The second kappa shape index (κ2) is 10.8. The molecular weight excluding hydrogens is 662 g/mol. The van der Waals surface area contributed by atoms with Gasteiger partial charge < -0.3 is 14.2 Å². The fourth-order valence-corrected chi connectivity index (χ4v) is 7.34. The fraction of sp³-hybridized carbons (Fsp3) is 0.115. The molecule has 0 unspecified atom stereocenters. The molecule has 0 aliphatic heterocycles. The van der Waals surface area contributed by atoms with Crippen molar-refractivity contribution >= 4 is 74.3 Å². The van der Waals surface area contributed by atoms with E-state index in [1.807, 2.05) is 0 Å². The van der Waals surface area contributed by atoms with Gasteiger partial charge in [0.05, 0.1) is 36.3 Å². The van der Waals surface area contributed by atoms with Crippen LogP contribution in [-0.4, -0.2) is 64.0 Å². The molecule has 5 rings (SSSR count). The minimum absolute atomic E-state index is 0.0115. The molecule has 0 amide bonds. The molecule has 45 heavy (non-hydrogen) atoms. The molecule has 19 heteroatoms. The zero-order chi connectivity index (χ0) is 33.2. The minimum Gasteiger partial charge on any atom is -0.493 e. The number of nitrogens with zero attached hydrogens (tertiary/aromatic N) is 1. The number of esters is 1. The summed E-state index contributed by atoms with van der Waals surface area (Å²) in [6.07, 6.45) is 0. The molecule has 5 aromatic rings. The number of ether oxygens (including phenoxy) is 3. The van der Waals surface area contributed by atoms with Gasteiger partial charge in [-0.2, -0.15) is 25.3 Å². The van der Waals surface area contributed by atoms with Crippen LogP contribution in [0.4, 0.5) is 5.69 Å². The van der Waals surface area contributed by atoms with Gasteiger partial charge in [-0.3, -0.25) is 23.8 Å². The molecule has 0 bridgehead atoms. The van der Waals surface area contributed by atoms with Gasteiger partial charge in [-0.25, -0.2) is 4.79 Å². The van der Waals surface area contributed by atoms with E-state index < -0.39 is 73.8 Å². The third-order valence-electron chi connectivity index (χ3n) is 6.98. The molecule has 0 radical (unpaired) electrons. The summed E-state index contributed by atoms with van der Waals surface area (Å²) in [6, 6.07) is 7.87. The summed E-state index contributed by atoms with van der Waals surface area (Å²) >= 11 is 0. The molecule has 5 aromatic carbocycles. The lowest BCUT2D eigenvalue weighted by atomic mass is 9.91. The van der Waals surface area contributed by atoms with Crippen molar-refractivity contribution in [3.63, 3.8) is 0 Å². The molecule has 0 aromatic heterocycles. The summed E-state index contributed by atoms with van der Waals surface area (Å²) in [5.41, 5.74) is -1.18. The Hall–Kier alpha value is -4.66. The molecule has 0 aliphatic rings. The number of hydrogen-bond donors (Lipinski definition) is 3. The van der Waals surface area contributed by atoms with Crippen LogP contribution in [0.15, 0.2) is 63.2 Å². The van der Waals surface area contributed by atoms with Crippen LogP contribution in [0.5, 0.6) is 11.5 Å². The van der Waals surface area contributed by atoms with Crippen molar-refractivity contribution in [2.45, 2.75) is 21.3 Å². The highest BCUT2D eigenvalue weighted by Gasteiger charge is 2.30. The van der Waals surface area contributed by atoms with Crippen LogP contribution in [0.25, 0.3) is 32.3 Å². The molecule has 0 spiro atoms. The Bertz CT molecular complexity index is 2370. The Kier molecular flexibility index (Phi) is 7.59. The average molecular weight is 682 g/mol. The van der Waals surface area contributed by atoms with Gasteiger partial charge in [-0.1, -0.05) is 24.3 Å². The lowest BCUT2D eigenvalue weighted by Crippen LogP contribution is -2.11. The first-order chi connectivity index (χ1) is 20.9. The second-order valence-corrected chi connectivity index (χ2v) is 13.6. The topological polar surface area (TPSA) is 251 Å². The average Bonchev–Trinajstić information content (AvgIpc) is 2.95. The van der Waals surface area contributed by atoms with Crippen LogP contribution >= 0.6 is 0 Å². The molecule has 3 N–H and O–H groups in total. The van der Waals surface area contributed by atoms with Crippen molar-refractivity contribution in [2.24, 2.45) is 0 Å². The normalized spacial score (nSPS) is 12.6. The first-order valence-electron chi connectivity index (χ1n) is 12.2. The number of rotatable bonds is 9. The van der Waals surface area contributed by atoms with Crippen LogP contribution in [0.3, 0.4) is 0 Å². The Morgan fingerprint density at radius 1 is 0.711 bits per heavy atom. The van der Waals surface area contributed by atoms with Gasteiger partial charge in [0.2, 0.25) is 0 Å². The predicted molar refractivity (Wildman–Crippen MR) is 155 cm³/mol. The third-order valence-corrected chi connectivity index (χ3v) is 9.66. The van der Waals surface area contributed by atoms with E-state index in [0.717, 1.165) is 36.4 Å². The van der Waals surface area contributed by atoms with Gasteiger partial charge in [0.25, 0.3) is 36.0 Å². The fourth-order valence-electron chi connectivity index (χ4n) is 5.12. The highest BCUT2D eigenvalue weighted by atomic mass is 32.2. The molecule has 0 saturated heterocycles. The maximum Gasteiger partial charge on any atom is 0.339 e. The van der Waals surface area contributed by atoms with Gasteiger partial charge >= 0.3 is 5.97 Å². The third kappa shape index (κ3) is 5.45. The first kappa shape index (κ1) is 31.8. The maximum absolute atomic E-state index is 13.5. The summed E-state index contributed by atoms with van der Waals surface area (Å²) < 4.78 is 119. The summed E-state index contributed by atoms with van der Waals surface area (Å²) in [6.45, 7) is -0.738. The van der Waals surface area contributed by atoms with Crippen molar-refractivity contribution < 1.29 is 62.8 Å². The summed E-state index contributed by atoms with van der Waals surface area (Å²) in [7, 11) is -12.9. The number of methoxy groups -OCH3 is 2. The van der Waals surface area contributed by atoms with E-state index in [1.165, 1.54) is 20.3 Å². The van der Waals surface area contributed by atoms with Gasteiger partial charge in [0.15, 0.2) is 11.5 Å². The predicted octanol–water partition coefficient (Wildman–Crippen LogP) is 3.61. The highest BCUT2D eigenvalue weighted by molar-refractivity contribution is 7.87. The monoisotopic (exact) mass is 681 g/mol. The van der Waals surface area contributed by atoms with Crippen molar-refractivity contribution in [1.82, 2.24) is 0 Å². The molecular formula is C26H19NO15S3. The van der Waals surface area contributed by atoms with Crippen LogP contribution < -0.4 is 9.47 Å². The van der Waals surface area contributed by atoms with E-state index in [9.17, 15) is 53.8 Å². The van der Waals surface area contributed by atoms with E-state index in [4.69, 9.17) is 14.2 Å². The van der Waals surface area contributed by atoms with Crippen molar-refractivity contribution in [2.75, 3.05) is 14.2 Å². The molecule has 0 heterocycles. The minimum atomic E-state index is -5.15. The number of nitro groups is 1. The quantitative estimate of drug-likeness (QED) is 0.0660. The molecule has 0 aliphatic carbocycles. The molecule has 16 nitrogen and oxygen atoms in total. The summed E-state index contributed by atoms with van der Waals surface area (Å²) in [4.78, 5) is 21.6. The number of benzene rings is 5.